The summed E-state index contributed by atoms with van der Waals surface area (Å²) in [5.74, 6) is -1.37. The highest BCUT2D eigenvalue weighted by molar-refractivity contribution is 5.98. The average Bonchev–Trinajstić information content (AvgIpc) is 2.40. The zero-order chi connectivity index (χ0) is 14.1. The lowest BCUT2D eigenvalue weighted by Gasteiger charge is -2.28. The fraction of sp³-hybridized carbons (Fsp3) is 0.133. The molecule has 1 aromatic heterocycles. The topological polar surface area (TPSA) is 79.3 Å². The Morgan fingerprint density at radius 2 is 2.05 bits per heavy atom. The van der Waals surface area contributed by atoms with Crippen molar-refractivity contribution < 1.29 is 14.7 Å². The summed E-state index contributed by atoms with van der Waals surface area (Å²) >= 11 is 0. The molecule has 2 aromatic rings. The molecule has 1 unspecified atom stereocenters. The van der Waals surface area contributed by atoms with Crippen LogP contribution in [0, 0.1) is 0 Å². The molecule has 1 amide bonds. The van der Waals surface area contributed by atoms with E-state index in [0.717, 1.165) is 5.56 Å². The van der Waals surface area contributed by atoms with Crippen molar-refractivity contribution in [1.29, 1.82) is 0 Å². The minimum atomic E-state index is -1.07. The Balaban J connectivity index is 1.75. The Kier molecular flexibility index (Phi) is 2.95. The molecule has 0 saturated heterocycles. The second kappa shape index (κ2) is 4.77. The third-order valence-electron chi connectivity index (χ3n) is 3.42. The summed E-state index contributed by atoms with van der Waals surface area (Å²) in [6, 6.07) is 9.20. The summed E-state index contributed by atoms with van der Waals surface area (Å²) in [5, 5.41) is 11.6. The van der Waals surface area contributed by atoms with Crippen LogP contribution in [-0.2, 0) is 11.2 Å². The predicted molar refractivity (Wildman–Crippen MR) is 72.7 cm³/mol. The van der Waals surface area contributed by atoms with Crippen molar-refractivity contribution in [1.82, 2.24) is 4.98 Å². The van der Waals surface area contributed by atoms with E-state index in [-0.39, 0.29) is 17.4 Å². The van der Waals surface area contributed by atoms with Crippen molar-refractivity contribution in [2.75, 3.05) is 5.32 Å². The fourth-order valence-electron chi connectivity index (χ4n) is 2.35. The number of aromatic carboxylic acids is 1. The zero-order valence-electron chi connectivity index (χ0n) is 10.5. The highest BCUT2D eigenvalue weighted by Crippen LogP contribution is 2.35. The number of carbonyl (C=O) groups excluding carboxylic acids is 1. The number of carbonyl (C=O) groups is 2. The number of amides is 1. The van der Waals surface area contributed by atoms with Gasteiger partial charge in [-0.15, -0.1) is 0 Å². The Hall–Kier alpha value is -2.69. The number of nitrogens with zero attached hydrogens (tertiary/aromatic N) is 1. The maximum Gasteiger partial charge on any atom is 0.337 e. The minimum absolute atomic E-state index is 0.0526. The van der Waals surface area contributed by atoms with Gasteiger partial charge in [0, 0.05) is 6.20 Å². The molecular formula is C15H12N2O3. The molecule has 0 bridgehead atoms. The molecule has 0 radical (unpaired) electrons. The summed E-state index contributed by atoms with van der Waals surface area (Å²) in [6.07, 6.45) is 3.40. The monoisotopic (exact) mass is 268 g/mol. The van der Waals surface area contributed by atoms with E-state index < -0.39 is 5.97 Å². The summed E-state index contributed by atoms with van der Waals surface area (Å²) in [6.45, 7) is 0. The number of fused-ring (bicyclic) bond motifs is 1. The van der Waals surface area contributed by atoms with E-state index >= 15 is 0 Å². The average molecular weight is 268 g/mol. The Morgan fingerprint density at radius 1 is 1.25 bits per heavy atom. The third kappa shape index (κ3) is 2.14. The lowest BCUT2D eigenvalue weighted by Crippen LogP contribution is -2.30. The van der Waals surface area contributed by atoms with Crippen LogP contribution in [0.3, 0.4) is 0 Å². The van der Waals surface area contributed by atoms with E-state index in [1.807, 2.05) is 24.3 Å². The number of rotatable bonds is 3. The molecule has 1 aliphatic rings. The van der Waals surface area contributed by atoms with Crippen molar-refractivity contribution in [3.8, 4) is 0 Å². The molecule has 1 aromatic carbocycles. The zero-order valence-corrected chi connectivity index (χ0v) is 10.5. The number of carboxylic acids is 1. The number of aromatic nitrogens is 1. The molecule has 1 aliphatic carbocycles. The first-order valence-corrected chi connectivity index (χ1v) is 6.22. The molecule has 20 heavy (non-hydrogen) atoms. The maximum atomic E-state index is 12.2. The van der Waals surface area contributed by atoms with Gasteiger partial charge in [0.05, 0.1) is 23.4 Å². The molecule has 100 valence electrons. The number of anilines is 1. The Labute approximate surface area is 115 Å². The van der Waals surface area contributed by atoms with E-state index in [1.54, 1.807) is 0 Å². The van der Waals surface area contributed by atoms with Gasteiger partial charge >= 0.3 is 5.97 Å². The predicted octanol–water partition coefficient (Wildman–Crippen LogP) is 2.06. The van der Waals surface area contributed by atoms with Gasteiger partial charge in [-0.3, -0.25) is 9.78 Å². The largest absolute Gasteiger partial charge is 0.478 e. The van der Waals surface area contributed by atoms with Crippen LogP contribution in [0.4, 0.5) is 5.69 Å². The fourth-order valence-corrected chi connectivity index (χ4v) is 2.35. The quantitative estimate of drug-likeness (QED) is 0.893. The smallest absolute Gasteiger partial charge is 0.337 e. The van der Waals surface area contributed by atoms with Gasteiger partial charge in [0.25, 0.3) is 0 Å². The molecule has 0 aliphatic heterocycles. The van der Waals surface area contributed by atoms with Crippen LogP contribution >= 0.6 is 0 Å². The number of pyridine rings is 1. The summed E-state index contributed by atoms with van der Waals surface area (Å²) in [5.41, 5.74) is 2.67. The number of hydrogen-bond donors (Lipinski definition) is 2. The minimum Gasteiger partial charge on any atom is -0.478 e. The lowest BCUT2D eigenvalue weighted by molar-refractivity contribution is -0.118. The number of benzene rings is 1. The lowest BCUT2D eigenvalue weighted by atomic mass is 9.77. The highest BCUT2D eigenvalue weighted by Gasteiger charge is 2.31. The maximum absolute atomic E-state index is 12.2. The van der Waals surface area contributed by atoms with E-state index in [0.29, 0.717) is 12.1 Å². The van der Waals surface area contributed by atoms with Crippen LogP contribution in [0.15, 0.2) is 42.7 Å². The van der Waals surface area contributed by atoms with Gasteiger partial charge in [-0.25, -0.2) is 4.79 Å². The molecule has 0 spiro atoms. The van der Waals surface area contributed by atoms with Gasteiger partial charge < -0.3 is 10.4 Å². The van der Waals surface area contributed by atoms with Gasteiger partial charge in [-0.1, -0.05) is 24.3 Å². The number of hydrogen-bond acceptors (Lipinski definition) is 3. The second-order valence-corrected chi connectivity index (χ2v) is 4.71. The molecular weight excluding hydrogens is 256 g/mol. The molecule has 5 nitrogen and oxygen atoms in total. The van der Waals surface area contributed by atoms with Crippen LogP contribution < -0.4 is 5.32 Å². The van der Waals surface area contributed by atoms with Crippen molar-refractivity contribution >= 4 is 17.6 Å². The van der Waals surface area contributed by atoms with Crippen LogP contribution in [-0.4, -0.2) is 22.0 Å². The third-order valence-corrected chi connectivity index (χ3v) is 3.42. The molecule has 0 saturated carbocycles. The Bertz CT molecular complexity index is 697. The number of nitrogens with one attached hydrogen (secondary N) is 1. The van der Waals surface area contributed by atoms with Crippen molar-refractivity contribution in [2.24, 2.45) is 0 Å². The molecule has 0 fully saturated rings. The van der Waals surface area contributed by atoms with Crippen LogP contribution in [0.1, 0.15) is 27.4 Å². The molecule has 2 N–H and O–H groups in total. The summed E-state index contributed by atoms with van der Waals surface area (Å²) in [7, 11) is 0. The first-order chi connectivity index (χ1) is 9.65. The molecule has 1 heterocycles. The molecule has 5 heteroatoms. The van der Waals surface area contributed by atoms with Crippen molar-refractivity contribution in [3.05, 3.63) is 59.4 Å². The number of carboxylic acid groups (broad SMARTS) is 1. The summed E-state index contributed by atoms with van der Waals surface area (Å²) in [4.78, 5) is 26.8. The standard InChI is InChI=1S/C15H12N2O3/c18-14(13-6-9-3-1-2-4-12(9)13)17-11-5-10(15(19)20)7-16-8-11/h1-5,7-8,13H,6H2,(H,17,18)(H,19,20). The van der Waals surface area contributed by atoms with E-state index in [9.17, 15) is 9.59 Å². The SMILES string of the molecule is O=C(O)c1cncc(NC(=O)C2Cc3ccccc32)c1. The van der Waals surface area contributed by atoms with Gasteiger partial charge in [-0.05, 0) is 23.6 Å². The second-order valence-electron chi connectivity index (χ2n) is 4.71. The molecule has 1 atom stereocenters. The van der Waals surface area contributed by atoms with Gasteiger partial charge in [-0.2, -0.15) is 0 Å². The van der Waals surface area contributed by atoms with Crippen LogP contribution in [0.2, 0.25) is 0 Å². The first-order valence-electron chi connectivity index (χ1n) is 6.22. The Morgan fingerprint density at radius 3 is 2.80 bits per heavy atom. The van der Waals surface area contributed by atoms with Gasteiger partial charge in [0.2, 0.25) is 5.91 Å². The van der Waals surface area contributed by atoms with E-state index in [2.05, 4.69) is 10.3 Å². The first kappa shape index (κ1) is 12.3. The van der Waals surface area contributed by atoms with Gasteiger partial charge in [0.15, 0.2) is 0 Å². The van der Waals surface area contributed by atoms with Crippen LogP contribution in [0.5, 0.6) is 0 Å². The van der Waals surface area contributed by atoms with Crippen LogP contribution in [0.25, 0.3) is 0 Å². The van der Waals surface area contributed by atoms with Crippen molar-refractivity contribution in [3.63, 3.8) is 0 Å². The van der Waals surface area contributed by atoms with Crippen molar-refractivity contribution in [2.45, 2.75) is 12.3 Å². The summed E-state index contributed by atoms with van der Waals surface area (Å²) < 4.78 is 0. The normalized spacial score (nSPS) is 15.9. The molecule has 3 rings (SSSR count). The van der Waals surface area contributed by atoms with E-state index in [4.69, 9.17) is 5.11 Å². The van der Waals surface area contributed by atoms with E-state index in [1.165, 1.54) is 24.0 Å². The highest BCUT2D eigenvalue weighted by atomic mass is 16.4. The van der Waals surface area contributed by atoms with Gasteiger partial charge in [0.1, 0.15) is 0 Å².